The Morgan fingerprint density at radius 3 is 3.04 bits per heavy atom. The standard InChI is InChI=1S/C17H22FN3O3/c1-10-12-5-11(18)3-4-13(12)19-14(10)6-21-7-15(16(22)8-21)20-17(23)9-24-2/h3-5,15-16,19,22H,6-9H2,1-2H3,(H,20,23)/t15-,16-/m1/s1. The fraction of sp³-hybridized carbons (Fsp3) is 0.471. The van der Waals surface area contributed by atoms with Crippen LogP contribution in [-0.4, -0.2) is 59.8 Å². The van der Waals surface area contributed by atoms with E-state index in [2.05, 4.69) is 15.2 Å². The van der Waals surface area contributed by atoms with Gasteiger partial charge in [0.15, 0.2) is 0 Å². The Labute approximate surface area is 139 Å². The molecule has 3 N–H and O–H groups in total. The van der Waals surface area contributed by atoms with Crippen LogP contribution in [0, 0.1) is 12.7 Å². The van der Waals surface area contributed by atoms with Gasteiger partial charge in [-0.2, -0.15) is 0 Å². The Morgan fingerprint density at radius 2 is 2.29 bits per heavy atom. The summed E-state index contributed by atoms with van der Waals surface area (Å²) in [6, 6.07) is 4.38. The zero-order valence-corrected chi connectivity index (χ0v) is 13.8. The van der Waals surface area contributed by atoms with Crippen LogP contribution in [0.1, 0.15) is 11.3 Å². The summed E-state index contributed by atoms with van der Waals surface area (Å²) in [6.45, 7) is 3.57. The van der Waals surface area contributed by atoms with Gasteiger partial charge in [-0.1, -0.05) is 0 Å². The molecule has 1 aliphatic heterocycles. The van der Waals surface area contributed by atoms with Gasteiger partial charge in [0.2, 0.25) is 5.91 Å². The van der Waals surface area contributed by atoms with Gasteiger partial charge in [0.25, 0.3) is 0 Å². The second-order valence-corrected chi connectivity index (χ2v) is 6.29. The van der Waals surface area contributed by atoms with Crippen LogP contribution in [0.15, 0.2) is 18.2 Å². The van der Waals surface area contributed by atoms with Crippen LogP contribution in [0.2, 0.25) is 0 Å². The predicted octanol–water partition coefficient (Wildman–Crippen LogP) is 0.923. The first-order chi connectivity index (χ1) is 11.5. The van der Waals surface area contributed by atoms with Gasteiger partial charge in [0.1, 0.15) is 12.4 Å². The maximum absolute atomic E-state index is 13.4. The molecule has 2 heterocycles. The summed E-state index contributed by atoms with van der Waals surface area (Å²) in [6.07, 6.45) is -0.618. The van der Waals surface area contributed by atoms with Crippen LogP contribution in [0.4, 0.5) is 4.39 Å². The summed E-state index contributed by atoms with van der Waals surface area (Å²) >= 11 is 0. The van der Waals surface area contributed by atoms with E-state index in [4.69, 9.17) is 4.74 Å². The number of carbonyl (C=O) groups is 1. The Bertz CT molecular complexity index is 746. The number of methoxy groups -OCH3 is 1. The van der Waals surface area contributed by atoms with E-state index in [-0.39, 0.29) is 24.4 Å². The third-order valence-electron chi connectivity index (χ3n) is 4.49. The van der Waals surface area contributed by atoms with Crippen molar-refractivity contribution in [3.63, 3.8) is 0 Å². The zero-order chi connectivity index (χ0) is 17.3. The lowest BCUT2D eigenvalue weighted by molar-refractivity contribution is -0.125. The second kappa shape index (κ2) is 6.88. The highest BCUT2D eigenvalue weighted by Gasteiger charge is 2.32. The van der Waals surface area contributed by atoms with Crippen molar-refractivity contribution in [3.05, 3.63) is 35.3 Å². The highest BCUT2D eigenvalue weighted by Crippen LogP contribution is 2.24. The number of aliphatic hydroxyl groups excluding tert-OH is 1. The van der Waals surface area contributed by atoms with Crippen molar-refractivity contribution in [3.8, 4) is 0 Å². The van der Waals surface area contributed by atoms with Gasteiger partial charge in [-0.3, -0.25) is 9.69 Å². The number of carbonyl (C=O) groups excluding carboxylic acids is 1. The molecule has 24 heavy (non-hydrogen) atoms. The van der Waals surface area contributed by atoms with Crippen molar-refractivity contribution in [1.82, 2.24) is 15.2 Å². The number of H-pyrrole nitrogens is 1. The highest BCUT2D eigenvalue weighted by atomic mass is 19.1. The van der Waals surface area contributed by atoms with Gasteiger partial charge < -0.3 is 20.1 Å². The van der Waals surface area contributed by atoms with E-state index in [9.17, 15) is 14.3 Å². The zero-order valence-electron chi connectivity index (χ0n) is 13.8. The average Bonchev–Trinajstić information content (AvgIpc) is 3.01. The number of benzene rings is 1. The lowest BCUT2D eigenvalue weighted by atomic mass is 10.1. The monoisotopic (exact) mass is 335 g/mol. The number of hydrogen-bond acceptors (Lipinski definition) is 4. The van der Waals surface area contributed by atoms with Crippen LogP contribution in [0.5, 0.6) is 0 Å². The largest absolute Gasteiger partial charge is 0.390 e. The molecule has 3 rings (SSSR count). The molecule has 1 aliphatic rings. The fourth-order valence-corrected chi connectivity index (χ4v) is 3.25. The highest BCUT2D eigenvalue weighted by molar-refractivity contribution is 5.84. The number of β-amino-alcohol motifs (C(OH)–C–C–N with tert-alkyl or cyclic N) is 1. The normalized spacial score (nSPS) is 21.5. The molecule has 0 radical (unpaired) electrons. The average molecular weight is 335 g/mol. The van der Waals surface area contributed by atoms with Crippen LogP contribution in [-0.2, 0) is 16.1 Å². The molecule has 0 bridgehead atoms. The van der Waals surface area contributed by atoms with E-state index >= 15 is 0 Å². The van der Waals surface area contributed by atoms with Crippen LogP contribution >= 0.6 is 0 Å². The number of likely N-dealkylation sites (tertiary alicyclic amines) is 1. The number of fused-ring (bicyclic) bond motifs is 1. The van der Waals surface area contributed by atoms with E-state index < -0.39 is 6.10 Å². The molecular formula is C17H22FN3O3. The predicted molar refractivity (Wildman–Crippen MR) is 88.1 cm³/mol. The van der Waals surface area contributed by atoms with Crippen molar-refractivity contribution in [1.29, 1.82) is 0 Å². The summed E-state index contributed by atoms with van der Waals surface area (Å²) in [7, 11) is 1.46. The van der Waals surface area contributed by atoms with Gasteiger partial charge in [-0.05, 0) is 30.7 Å². The van der Waals surface area contributed by atoms with Gasteiger partial charge >= 0.3 is 0 Å². The molecule has 0 saturated carbocycles. The maximum atomic E-state index is 13.4. The molecule has 1 fully saturated rings. The molecule has 2 atom stereocenters. The van der Waals surface area contributed by atoms with E-state index in [1.807, 2.05) is 6.92 Å². The van der Waals surface area contributed by atoms with Crippen molar-refractivity contribution in [2.75, 3.05) is 26.8 Å². The SMILES string of the molecule is COCC(=O)N[C@@H]1CN(Cc2[nH]c3ccc(F)cc3c2C)C[C@H]1O. The fourth-order valence-electron chi connectivity index (χ4n) is 3.25. The lowest BCUT2D eigenvalue weighted by Gasteiger charge is -2.16. The number of ether oxygens (including phenoxy) is 1. The Balaban J connectivity index is 1.69. The summed E-state index contributed by atoms with van der Waals surface area (Å²) in [5.41, 5.74) is 2.89. The Kier molecular flexibility index (Phi) is 4.84. The van der Waals surface area contributed by atoms with Gasteiger partial charge in [-0.15, -0.1) is 0 Å². The minimum atomic E-state index is -0.618. The molecule has 0 spiro atoms. The number of amides is 1. The number of aromatic amines is 1. The lowest BCUT2D eigenvalue weighted by Crippen LogP contribution is -2.44. The minimum absolute atomic E-state index is 0.0179. The first kappa shape index (κ1) is 16.9. The molecule has 130 valence electrons. The van der Waals surface area contributed by atoms with Crippen LogP contribution in [0.25, 0.3) is 10.9 Å². The third-order valence-corrected chi connectivity index (χ3v) is 4.49. The number of halogens is 1. The molecule has 2 aromatic rings. The quantitative estimate of drug-likeness (QED) is 0.759. The molecule has 0 unspecified atom stereocenters. The molecule has 6 nitrogen and oxygen atoms in total. The van der Waals surface area contributed by atoms with Gasteiger partial charge in [-0.25, -0.2) is 4.39 Å². The van der Waals surface area contributed by atoms with Crippen molar-refractivity contribution in [2.45, 2.75) is 25.6 Å². The van der Waals surface area contributed by atoms with Crippen molar-refractivity contribution < 1.29 is 19.0 Å². The number of nitrogens with zero attached hydrogens (tertiary/aromatic N) is 1. The molecular weight excluding hydrogens is 313 g/mol. The number of aromatic nitrogens is 1. The van der Waals surface area contributed by atoms with Gasteiger partial charge in [0, 0.05) is 43.3 Å². The van der Waals surface area contributed by atoms with E-state index in [1.54, 1.807) is 6.07 Å². The van der Waals surface area contributed by atoms with Crippen molar-refractivity contribution >= 4 is 16.8 Å². The Hall–Kier alpha value is -1.96. The number of hydrogen-bond donors (Lipinski definition) is 3. The van der Waals surface area contributed by atoms with Crippen LogP contribution in [0.3, 0.4) is 0 Å². The van der Waals surface area contributed by atoms with E-state index in [1.165, 1.54) is 19.2 Å². The summed E-state index contributed by atoms with van der Waals surface area (Å²) in [5, 5.41) is 13.8. The van der Waals surface area contributed by atoms with Crippen molar-refractivity contribution in [2.24, 2.45) is 0 Å². The maximum Gasteiger partial charge on any atom is 0.246 e. The number of nitrogens with one attached hydrogen (secondary N) is 2. The number of aliphatic hydroxyl groups is 1. The van der Waals surface area contributed by atoms with E-state index in [0.717, 1.165) is 22.2 Å². The summed E-state index contributed by atoms with van der Waals surface area (Å²) in [4.78, 5) is 17.0. The molecule has 1 aromatic heterocycles. The molecule has 1 aromatic carbocycles. The van der Waals surface area contributed by atoms with Crippen LogP contribution < -0.4 is 5.32 Å². The topological polar surface area (TPSA) is 77.6 Å². The van der Waals surface area contributed by atoms with E-state index in [0.29, 0.717) is 19.6 Å². The molecule has 1 saturated heterocycles. The molecule has 7 heteroatoms. The second-order valence-electron chi connectivity index (χ2n) is 6.29. The first-order valence-electron chi connectivity index (χ1n) is 7.93. The summed E-state index contributed by atoms with van der Waals surface area (Å²) < 4.78 is 18.2. The minimum Gasteiger partial charge on any atom is -0.390 e. The summed E-state index contributed by atoms with van der Waals surface area (Å²) in [5.74, 6) is -0.491. The Morgan fingerprint density at radius 1 is 1.50 bits per heavy atom. The first-order valence-corrected chi connectivity index (χ1v) is 7.93. The third kappa shape index (κ3) is 3.43. The van der Waals surface area contributed by atoms with Gasteiger partial charge in [0.05, 0.1) is 12.1 Å². The molecule has 1 amide bonds. The smallest absolute Gasteiger partial charge is 0.246 e. The number of aryl methyl sites for hydroxylation is 1. The number of rotatable bonds is 5. The molecule has 0 aliphatic carbocycles.